The summed E-state index contributed by atoms with van der Waals surface area (Å²) in [5, 5.41) is 4.17. The summed E-state index contributed by atoms with van der Waals surface area (Å²) in [5.74, 6) is 1.06. The second kappa shape index (κ2) is 5.54. The van der Waals surface area contributed by atoms with Crippen molar-refractivity contribution in [3.63, 3.8) is 0 Å². The van der Waals surface area contributed by atoms with Crippen LogP contribution in [0, 0.1) is 0 Å². The van der Waals surface area contributed by atoms with Crippen molar-refractivity contribution in [3.8, 4) is 5.75 Å². The van der Waals surface area contributed by atoms with Gasteiger partial charge in [0.05, 0.1) is 0 Å². The molecule has 1 N–H and O–H groups in total. The Morgan fingerprint density at radius 3 is 2.94 bits per heavy atom. The van der Waals surface area contributed by atoms with Gasteiger partial charge in [0.2, 0.25) is 0 Å². The van der Waals surface area contributed by atoms with Crippen LogP contribution < -0.4 is 10.1 Å². The van der Waals surface area contributed by atoms with E-state index in [1.807, 2.05) is 11.8 Å². The molecule has 1 aliphatic rings. The zero-order chi connectivity index (χ0) is 13.2. The highest BCUT2D eigenvalue weighted by Crippen LogP contribution is 2.35. The number of fused-ring (bicyclic) bond motifs is 1. The molecule has 0 aliphatic carbocycles. The number of hydrogen-bond acceptors (Lipinski definition) is 3. The first-order chi connectivity index (χ1) is 8.50. The molecule has 1 heterocycles. The van der Waals surface area contributed by atoms with E-state index in [1.165, 1.54) is 11.1 Å². The average Bonchev–Trinajstić information content (AvgIpc) is 2.62. The van der Waals surface area contributed by atoms with Gasteiger partial charge >= 0.3 is 0 Å². The molecule has 0 bridgehead atoms. The maximum atomic E-state index is 5.89. The van der Waals surface area contributed by atoms with Crippen molar-refractivity contribution in [1.82, 2.24) is 5.32 Å². The summed E-state index contributed by atoms with van der Waals surface area (Å²) in [6.45, 7) is 8.53. The highest BCUT2D eigenvalue weighted by atomic mass is 32.2. The first kappa shape index (κ1) is 13.8. The van der Waals surface area contributed by atoms with E-state index in [9.17, 15) is 0 Å². The van der Waals surface area contributed by atoms with Crippen LogP contribution >= 0.6 is 11.8 Å². The fourth-order valence-corrected chi connectivity index (χ4v) is 2.56. The van der Waals surface area contributed by atoms with Gasteiger partial charge in [0.15, 0.2) is 0 Å². The summed E-state index contributed by atoms with van der Waals surface area (Å²) >= 11 is 1.90. The molecule has 0 saturated carbocycles. The number of hydrogen-bond donors (Lipinski definition) is 1. The Morgan fingerprint density at radius 2 is 2.22 bits per heavy atom. The quantitative estimate of drug-likeness (QED) is 0.883. The van der Waals surface area contributed by atoms with Gasteiger partial charge in [-0.1, -0.05) is 19.1 Å². The molecule has 1 unspecified atom stereocenters. The lowest BCUT2D eigenvalue weighted by atomic mass is 10.0. The summed E-state index contributed by atoms with van der Waals surface area (Å²) in [7, 11) is 0. The van der Waals surface area contributed by atoms with Gasteiger partial charge < -0.3 is 10.1 Å². The number of thioether (sulfide) groups is 1. The molecule has 18 heavy (non-hydrogen) atoms. The second-order valence-electron chi connectivity index (χ2n) is 5.66. The molecule has 2 rings (SSSR count). The van der Waals surface area contributed by atoms with E-state index in [4.69, 9.17) is 4.74 Å². The van der Waals surface area contributed by atoms with Crippen molar-refractivity contribution in [1.29, 1.82) is 0 Å². The normalized spacial score (nSPS) is 18.2. The molecule has 1 atom stereocenters. The van der Waals surface area contributed by atoms with Crippen molar-refractivity contribution in [2.24, 2.45) is 0 Å². The lowest BCUT2D eigenvalue weighted by Crippen LogP contribution is -2.24. The minimum Gasteiger partial charge on any atom is -0.487 e. The minimum absolute atomic E-state index is 0.0399. The molecule has 0 saturated heterocycles. The van der Waals surface area contributed by atoms with Gasteiger partial charge in [-0.3, -0.25) is 0 Å². The Morgan fingerprint density at radius 1 is 1.44 bits per heavy atom. The molecule has 0 aromatic heterocycles. The number of rotatable bonds is 5. The first-order valence-electron chi connectivity index (χ1n) is 6.54. The third-order valence-corrected chi connectivity index (χ3v) is 4.26. The van der Waals surface area contributed by atoms with Gasteiger partial charge in [-0.15, -0.1) is 0 Å². The van der Waals surface area contributed by atoms with Crippen LogP contribution in [0.25, 0.3) is 0 Å². The number of nitrogens with one attached hydrogen (secondary N) is 1. The minimum atomic E-state index is -0.0399. The highest BCUT2D eigenvalue weighted by Gasteiger charge is 2.29. The Hall–Kier alpha value is -0.670. The summed E-state index contributed by atoms with van der Waals surface area (Å²) in [6, 6.07) is 6.55. The molecule has 1 aliphatic heterocycles. The lowest BCUT2D eigenvalue weighted by molar-refractivity contribution is 0.138. The van der Waals surface area contributed by atoms with Crippen molar-refractivity contribution >= 4 is 11.8 Å². The number of ether oxygens (including phenoxy) is 1. The van der Waals surface area contributed by atoms with Crippen LogP contribution in [-0.2, 0) is 13.0 Å². The maximum absolute atomic E-state index is 5.89. The van der Waals surface area contributed by atoms with Crippen LogP contribution in [0.4, 0.5) is 0 Å². The molecule has 100 valence electrons. The van der Waals surface area contributed by atoms with Crippen LogP contribution in [-0.4, -0.2) is 23.7 Å². The van der Waals surface area contributed by atoms with Gasteiger partial charge in [0.25, 0.3) is 0 Å². The largest absolute Gasteiger partial charge is 0.487 e. The van der Waals surface area contributed by atoms with Crippen LogP contribution in [0.15, 0.2) is 18.2 Å². The van der Waals surface area contributed by atoms with Crippen LogP contribution in [0.3, 0.4) is 0 Å². The number of benzene rings is 1. The van der Waals surface area contributed by atoms with E-state index in [-0.39, 0.29) is 5.60 Å². The lowest BCUT2D eigenvalue weighted by Gasteiger charge is -2.16. The molecule has 0 amide bonds. The van der Waals surface area contributed by atoms with Gasteiger partial charge in [-0.25, -0.2) is 0 Å². The zero-order valence-corrected chi connectivity index (χ0v) is 12.6. The van der Waals surface area contributed by atoms with E-state index < -0.39 is 0 Å². The SMILES string of the molecule is CSC(C)CNCc1ccc2c(c1)CC(C)(C)O2. The molecule has 1 aromatic carbocycles. The van der Waals surface area contributed by atoms with Crippen molar-refractivity contribution in [2.75, 3.05) is 12.8 Å². The van der Waals surface area contributed by atoms with Gasteiger partial charge in [-0.05, 0) is 37.3 Å². The summed E-state index contributed by atoms with van der Waals surface area (Å²) in [6.07, 6.45) is 3.17. The third-order valence-electron chi connectivity index (χ3n) is 3.29. The molecule has 0 spiro atoms. The fraction of sp³-hybridized carbons (Fsp3) is 0.600. The second-order valence-corrected chi connectivity index (χ2v) is 6.93. The van der Waals surface area contributed by atoms with E-state index in [0.29, 0.717) is 5.25 Å². The van der Waals surface area contributed by atoms with Gasteiger partial charge in [0.1, 0.15) is 11.4 Å². The molecule has 0 fully saturated rings. The Balaban J connectivity index is 1.93. The molecular weight excluding hydrogens is 242 g/mol. The van der Waals surface area contributed by atoms with E-state index in [0.717, 1.165) is 25.3 Å². The van der Waals surface area contributed by atoms with Crippen molar-refractivity contribution in [3.05, 3.63) is 29.3 Å². The van der Waals surface area contributed by atoms with E-state index >= 15 is 0 Å². The Bertz CT molecular complexity index is 417. The predicted molar refractivity (Wildman–Crippen MR) is 79.5 cm³/mol. The maximum Gasteiger partial charge on any atom is 0.123 e. The summed E-state index contributed by atoms with van der Waals surface area (Å²) in [4.78, 5) is 0. The highest BCUT2D eigenvalue weighted by molar-refractivity contribution is 7.99. The zero-order valence-electron chi connectivity index (χ0n) is 11.7. The topological polar surface area (TPSA) is 21.3 Å². The van der Waals surface area contributed by atoms with Crippen LogP contribution in [0.1, 0.15) is 31.9 Å². The van der Waals surface area contributed by atoms with Crippen LogP contribution in [0.5, 0.6) is 5.75 Å². The van der Waals surface area contributed by atoms with Crippen molar-refractivity contribution < 1.29 is 4.74 Å². The third kappa shape index (κ3) is 3.42. The molecular formula is C15H23NOS. The smallest absolute Gasteiger partial charge is 0.123 e. The molecule has 2 nitrogen and oxygen atoms in total. The fourth-order valence-electron chi connectivity index (χ4n) is 2.28. The Kier molecular flexibility index (Phi) is 4.23. The van der Waals surface area contributed by atoms with Crippen molar-refractivity contribution in [2.45, 2.75) is 44.6 Å². The summed E-state index contributed by atoms with van der Waals surface area (Å²) in [5.41, 5.74) is 2.66. The van der Waals surface area contributed by atoms with Gasteiger partial charge in [0, 0.05) is 24.8 Å². The standard InChI is InChI=1S/C15H23NOS/c1-11(18-4)9-16-10-12-5-6-14-13(7-12)8-15(2,3)17-14/h5-7,11,16H,8-10H2,1-4H3. The van der Waals surface area contributed by atoms with E-state index in [2.05, 4.69) is 50.5 Å². The average molecular weight is 265 g/mol. The van der Waals surface area contributed by atoms with E-state index in [1.54, 1.807) is 0 Å². The molecule has 0 radical (unpaired) electrons. The first-order valence-corrected chi connectivity index (χ1v) is 7.83. The molecule has 3 heteroatoms. The predicted octanol–water partition coefficient (Wildman–Crippen LogP) is 3.24. The van der Waals surface area contributed by atoms with Crippen LogP contribution in [0.2, 0.25) is 0 Å². The van der Waals surface area contributed by atoms with Gasteiger partial charge in [-0.2, -0.15) is 11.8 Å². The monoisotopic (exact) mass is 265 g/mol. The molecule has 1 aromatic rings. The summed E-state index contributed by atoms with van der Waals surface area (Å²) < 4.78 is 5.89. The Labute approximate surface area is 114 Å².